The molecule has 4 aromatic rings. The number of aliphatic hydroxyl groups excluding tert-OH is 1. The third-order valence-electron chi connectivity index (χ3n) is 7.98. The summed E-state index contributed by atoms with van der Waals surface area (Å²) in [5, 5.41) is 13.4. The topological polar surface area (TPSA) is 42.4 Å². The van der Waals surface area contributed by atoms with E-state index in [1.807, 2.05) is 30.5 Å². The van der Waals surface area contributed by atoms with Gasteiger partial charge in [-0.15, -0.1) is 0 Å². The van der Waals surface area contributed by atoms with Crippen LogP contribution in [-0.2, 0) is 6.42 Å². The van der Waals surface area contributed by atoms with Crippen LogP contribution in [0.2, 0.25) is 16.6 Å². The van der Waals surface area contributed by atoms with Crippen LogP contribution in [0.5, 0.6) is 5.75 Å². The minimum Gasteiger partial charge on any atom is -0.543 e. The van der Waals surface area contributed by atoms with Crippen molar-refractivity contribution >= 4 is 35.0 Å². The van der Waals surface area contributed by atoms with Gasteiger partial charge in [0.15, 0.2) is 0 Å². The smallest absolute Gasteiger partial charge is 0.258 e. The molecular weight excluding hydrogens is 550 g/mol. The first-order valence-electron chi connectivity index (χ1n) is 13.7. The molecule has 1 unspecified atom stereocenters. The van der Waals surface area contributed by atoms with Gasteiger partial charge < -0.3 is 9.53 Å². The molecule has 4 rings (SSSR count). The van der Waals surface area contributed by atoms with Gasteiger partial charge in [-0.25, -0.2) is 0 Å². The van der Waals surface area contributed by atoms with E-state index in [-0.39, 0.29) is 0 Å². The molecule has 3 nitrogen and oxygen atoms in total. The number of halogens is 1. The Morgan fingerprint density at radius 3 is 2.16 bits per heavy atom. The lowest BCUT2D eigenvalue weighted by atomic mass is 9.95. The van der Waals surface area contributed by atoms with Crippen LogP contribution in [0.15, 0.2) is 77.4 Å². The van der Waals surface area contributed by atoms with Crippen molar-refractivity contribution in [3.63, 3.8) is 0 Å². The number of aryl methyl sites for hydroxylation is 1. The maximum Gasteiger partial charge on any atom is 0.258 e. The zero-order valence-corrected chi connectivity index (χ0v) is 26.2. The highest BCUT2D eigenvalue weighted by molar-refractivity contribution is 9.10. The fraction of sp³-hybridized carbons (Fsp3) is 0.364. The van der Waals surface area contributed by atoms with E-state index in [0.29, 0.717) is 16.6 Å². The number of rotatable bonds is 9. The molecule has 3 aromatic carbocycles. The molecule has 0 radical (unpaired) electrons. The molecule has 0 aliphatic heterocycles. The van der Waals surface area contributed by atoms with Crippen molar-refractivity contribution in [1.82, 2.24) is 4.98 Å². The van der Waals surface area contributed by atoms with E-state index in [1.165, 1.54) is 5.56 Å². The Labute approximate surface area is 237 Å². The number of benzene rings is 3. The number of pyridine rings is 1. The fourth-order valence-corrected chi connectivity index (χ4v) is 11.8. The van der Waals surface area contributed by atoms with Gasteiger partial charge in [-0.05, 0) is 75.5 Å². The summed E-state index contributed by atoms with van der Waals surface area (Å²) in [6.45, 7) is 16.0. The first-order valence-corrected chi connectivity index (χ1v) is 16.7. The summed E-state index contributed by atoms with van der Waals surface area (Å²) in [5.41, 5.74) is 6.35. The molecule has 1 N–H and O–H groups in total. The Morgan fingerprint density at radius 2 is 1.50 bits per heavy atom. The predicted octanol–water partition coefficient (Wildman–Crippen LogP) is 9.86. The van der Waals surface area contributed by atoms with Crippen molar-refractivity contribution in [2.45, 2.75) is 77.6 Å². The van der Waals surface area contributed by atoms with Crippen LogP contribution < -0.4 is 4.43 Å². The van der Waals surface area contributed by atoms with Crippen LogP contribution in [0.4, 0.5) is 0 Å². The van der Waals surface area contributed by atoms with E-state index in [2.05, 4.69) is 107 Å². The van der Waals surface area contributed by atoms with Gasteiger partial charge in [0.25, 0.3) is 8.32 Å². The zero-order chi connectivity index (χ0) is 27.6. The van der Waals surface area contributed by atoms with Gasteiger partial charge >= 0.3 is 0 Å². The number of hydrogen-bond acceptors (Lipinski definition) is 3. The van der Waals surface area contributed by atoms with Crippen LogP contribution in [-0.4, -0.2) is 18.4 Å². The summed E-state index contributed by atoms with van der Waals surface area (Å²) in [7, 11) is -2.08. The standard InChI is InChI=1S/C33H40BrNO2Si/c1-8-24-18-27(14-15-31(24)34)33(36)28-13-12-25-16-17-35-32(30(25)20-28)26-10-9-11-29(19-26)37-38(21(2)3,22(4)5)23(6)7/h9-23,33,36H,8H2,1-7H3. The Hall–Kier alpha value is -2.47. The fourth-order valence-electron chi connectivity index (χ4n) is 6.08. The van der Waals surface area contributed by atoms with Gasteiger partial charge in [-0.1, -0.05) is 101 Å². The van der Waals surface area contributed by atoms with Gasteiger partial charge in [-0.2, -0.15) is 0 Å². The van der Waals surface area contributed by atoms with Crippen LogP contribution in [0.1, 0.15) is 71.3 Å². The van der Waals surface area contributed by atoms with Crippen molar-refractivity contribution in [3.8, 4) is 17.0 Å². The second-order valence-electron chi connectivity index (χ2n) is 11.2. The van der Waals surface area contributed by atoms with Crippen LogP contribution in [0, 0.1) is 0 Å². The average molecular weight is 591 g/mol. The third kappa shape index (κ3) is 5.47. The Kier molecular flexibility index (Phi) is 8.81. The molecular formula is C33H40BrNO2Si. The maximum absolute atomic E-state index is 11.3. The Bertz CT molecular complexity index is 1390. The Morgan fingerprint density at radius 1 is 0.842 bits per heavy atom. The van der Waals surface area contributed by atoms with Gasteiger partial charge in [0.05, 0.1) is 5.69 Å². The molecule has 0 saturated heterocycles. The van der Waals surface area contributed by atoms with E-state index in [0.717, 1.165) is 49.8 Å². The highest BCUT2D eigenvalue weighted by Gasteiger charge is 2.47. The number of aliphatic hydroxyl groups is 1. The molecule has 0 aliphatic carbocycles. The summed E-state index contributed by atoms with van der Waals surface area (Å²) in [5.74, 6) is 0.919. The highest BCUT2D eigenvalue weighted by atomic mass is 79.9. The second-order valence-corrected chi connectivity index (χ2v) is 17.4. The van der Waals surface area contributed by atoms with Crippen molar-refractivity contribution in [2.75, 3.05) is 0 Å². The van der Waals surface area contributed by atoms with Crippen molar-refractivity contribution in [3.05, 3.63) is 94.1 Å². The quantitative estimate of drug-likeness (QED) is 0.197. The first-order chi connectivity index (χ1) is 18.1. The molecule has 1 heterocycles. The van der Waals surface area contributed by atoms with Gasteiger partial charge in [0.1, 0.15) is 11.9 Å². The Balaban J connectivity index is 1.76. The van der Waals surface area contributed by atoms with E-state index in [1.54, 1.807) is 0 Å². The molecule has 1 atom stereocenters. The van der Waals surface area contributed by atoms with Gasteiger partial charge in [-0.3, -0.25) is 4.98 Å². The predicted molar refractivity (Wildman–Crippen MR) is 166 cm³/mol. The van der Waals surface area contributed by atoms with E-state index in [9.17, 15) is 5.11 Å². The number of hydrogen-bond donors (Lipinski definition) is 1. The second kappa shape index (κ2) is 11.7. The lowest BCUT2D eigenvalue weighted by Gasteiger charge is -2.42. The van der Waals surface area contributed by atoms with E-state index < -0.39 is 14.4 Å². The van der Waals surface area contributed by atoms with Crippen molar-refractivity contribution < 1.29 is 9.53 Å². The lowest BCUT2D eigenvalue weighted by molar-refractivity contribution is 0.220. The number of nitrogens with zero attached hydrogens (tertiary/aromatic N) is 1. The average Bonchev–Trinajstić information content (AvgIpc) is 2.90. The molecule has 0 bridgehead atoms. The molecule has 0 saturated carbocycles. The third-order valence-corrected chi connectivity index (χ3v) is 14.8. The molecule has 0 amide bonds. The molecule has 38 heavy (non-hydrogen) atoms. The van der Waals surface area contributed by atoms with Crippen LogP contribution >= 0.6 is 15.9 Å². The zero-order valence-electron chi connectivity index (χ0n) is 23.6. The lowest BCUT2D eigenvalue weighted by Crippen LogP contribution is -2.50. The van der Waals surface area contributed by atoms with E-state index >= 15 is 0 Å². The normalized spacial score (nSPS) is 13.1. The SMILES string of the molecule is CCc1cc(C(O)c2ccc3ccnc(-c4cccc(O[Si](C(C)C)(C(C)C)C(C)C)c4)c3c2)ccc1Br. The minimum absolute atomic E-state index is 0.498. The number of aromatic nitrogens is 1. The van der Waals surface area contributed by atoms with Crippen molar-refractivity contribution in [1.29, 1.82) is 0 Å². The largest absolute Gasteiger partial charge is 0.543 e. The highest BCUT2D eigenvalue weighted by Crippen LogP contribution is 2.43. The molecule has 0 aliphatic rings. The summed E-state index contributed by atoms with van der Waals surface area (Å²) in [6, 6.07) is 22.7. The van der Waals surface area contributed by atoms with Crippen LogP contribution in [0.3, 0.4) is 0 Å². The monoisotopic (exact) mass is 589 g/mol. The molecule has 5 heteroatoms. The summed E-state index contributed by atoms with van der Waals surface area (Å²) >= 11 is 3.61. The molecule has 200 valence electrons. The molecule has 0 fully saturated rings. The maximum atomic E-state index is 11.3. The summed E-state index contributed by atoms with van der Waals surface area (Å²) in [6.07, 6.45) is 2.05. The van der Waals surface area contributed by atoms with Gasteiger partial charge in [0, 0.05) is 21.6 Å². The van der Waals surface area contributed by atoms with Gasteiger partial charge in [0.2, 0.25) is 0 Å². The van der Waals surface area contributed by atoms with E-state index in [4.69, 9.17) is 9.41 Å². The van der Waals surface area contributed by atoms with Crippen LogP contribution in [0.25, 0.3) is 22.0 Å². The summed E-state index contributed by atoms with van der Waals surface area (Å²) in [4.78, 5) is 4.80. The van der Waals surface area contributed by atoms with Crippen molar-refractivity contribution in [2.24, 2.45) is 0 Å². The molecule has 0 spiro atoms. The first kappa shape index (κ1) is 28.5. The summed E-state index contributed by atoms with van der Waals surface area (Å²) < 4.78 is 8.05. The minimum atomic E-state index is -2.08. The molecule has 1 aromatic heterocycles. The number of fused-ring (bicyclic) bond motifs is 1.